The molecule has 0 heterocycles. The highest BCUT2D eigenvalue weighted by molar-refractivity contribution is 6.03. The highest BCUT2D eigenvalue weighted by Crippen LogP contribution is 2.41. The number of phenols is 1. The normalized spacial score (nSPS) is 16.1. The molecule has 5 N–H and O–H groups in total. The van der Waals surface area contributed by atoms with Crippen molar-refractivity contribution in [3.63, 3.8) is 0 Å². The van der Waals surface area contributed by atoms with Crippen LogP contribution in [0.4, 0.5) is 0 Å². The van der Waals surface area contributed by atoms with Gasteiger partial charge in [-0.25, -0.2) is 4.79 Å². The molecule has 3 rings (SSSR count). The lowest BCUT2D eigenvalue weighted by molar-refractivity contribution is -0.131. The third kappa shape index (κ3) is 6.92. The number of aryl methyl sites for hydroxylation is 1. The molecule has 1 aliphatic rings. The van der Waals surface area contributed by atoms with E-state index in [-0.39, 0.29) is 68.8 Å². The molecular formula is C29H40O9. The average Bonchev–Trinajstić information content (AvgIpc) is 2.83. The van der Waals surface area contributed by atoms with E-state index in [1.165, 1.54) is 20.1 Å². The maximum absolute atomic E-state index is 13.2. The number of benzene rings is 2. The summed E-state index contributed by atoms with van der Waals surface area (Å²) in [5.74, 6) is -2.92. The van der Waals surface area contributed by atoms with Crippen molar-refractivity contribution < 1.29 is 47.6 Å². The quantitative estimate of drug-likeness (QED) is 0.293. The van der Waals surface area contributed by atoms with Crippen molar-refractivity contribution in [2.24, 2.45) is 17.8 Å². The second-order valence-electron chi connectivity index (χ2n) is 9.90. The molecule has 3 atom stereocenters. The van der Waals surface area contributed by atoms with Crippen molar-refractivity contribution in [1.82, 2.24) is 0 Å². The molecule has 2 aromatic carbocycles. The van der Waals surface area contributed by atoms with Crippen LogP contribution in [0.1, 0.15) is 67.3 Å². The predicted octanol–water partition coefficient (Wildman–Crippen LogP) is 3.11. The van der Waals surface area contributed by atoms with E-state index in [4.69, 9.17) is 4.74 Å². The van der Waals surface area contributed by atoms with Gasteiger partial charge in [0.15, 0.2) is 5.78 Å². The average molecular weight is 533 g/mol. The summed E-state index contributed by atoms with van der Waals surface area (Å²) in [6.07, 6.45) is 0.920. The van der Waals surface area contributed by atoms with E-state index in [1.807, 2.05) is 13.0 Å². The van der Waals surface area contributed by atoms with Gasteiger partial charge in [-0.1, -0.05) is 12.1 Å². The molecule has 0 spiro atoms. The number of methoxy groups -OCH3 is 1. The zero-order valence-electron chi connectivity index (χ0n) is 22.0. The van der Waals surface area contributed by atoms with Crippen molar-refractivity contribution in [3.8, 4) is 16.9 Å². The lowest BCUT2D eigenvalue weighted by atomic mass is 9.72. The molecule has 210 valence electrons. The highest BCUT2D eigenvalue weighted by Gasteiger charge is 2.35. The first-order chi connectivity index (χ1) is 17.6. The number of hydrogen-bond acceptors (Lipinski definition) is 8. The van der Waals surface area contributed by atoms with E-state index in [0.29, 0.717) is 35.1 Å². The topological polar surface area (TPSA) is 170 Å². The molecule has 1 aliphatic carbocycles. The summed E-state index contributed by atoms with van der Waals surface area (Å²) in [6.45, 7) is 2.52. The Morgan fingerprint density at radius 3 is 2.45 bits per heavy atom. The Labute approximate surface area is 224 Å². The van der Waals surface area contributed by atoms with Gasteiger partial charge >= 0.3 is 5.97 Å². The summed E-state index contributed by atoms with van der Waals surface area (Å²) in [7, 11) is 1.31. The fourth-order valence-electron chi connectivity index (χ4n) is 5.46. The third-order valence-electron chi connectivity index (χ3n) is 7.08. The number of Topliss-reactive ketones (excluding diaryl/α,β-unsaturated/α-hetero) is 3. The van der Waals surface area contributed by atoms with Crippen molar-refractivity contribution in [2.45, 2.75) is 46.0 Å². The molecule has 0 saturated heterocycles. The number of ketones is 3. The van der Waals surface area contributed by atoms with Gasteiger partial charge in [-0.2, -0.15) is 0 Å². The molecule has 0 aliphatic heterocycles. The Kier molecular flexibility index (Phi) is 10.9. The van der Waals surface area contributed by atoms with E-state index in [1.54, 1.807) is 18.2 Å². The number of carbonyl (C=O) groups excluding carboxylic acids is 4. The van der Waals surface area contributed by atoms with Crippen LogP contribution in [0.25, 0.3) is 11.1 Å². The van der Waals surface area contributed by atoms with Gasteiger partial charge in [0.1, 0.15) is 17.3 Å². The molecule has 9 heteroatoms. The molecule has 0 bridgehead atoms. The number of esters is 1. The van der Waals surface area contributed by atoms with Crippen LogP contribution in [0.15, 0.2) is 30.3 Å². The number of carbonyl (C=O) groups is 4. The highest BCUT2D eigenvalue weighted by atomic mass is 16.5. The lowest BCUT2D eigenvalue weighted by Crippen LogP contribution is -2.32. The molecule has 0 amide bonds. The maximum Gasteiger partial charge on any atom is 0.337 e. The second kappa shape index (κ2) is 13.4. The van der Waals surface area contributed by atoms with E-state index in [9.17, 15) is 34.5 Å². The van der Waals surface area contributed by atoms with E-state index < -0.39 is 24.4 Å². The number of aliphatic hydroxyl groups is 2. The summed E-state index contributed by atoms with van der Waals surface area (Å²) >= 11 is 0. The molecule has 0 aromatic heterocycles. The fourth-order valence-corrected chi connectivity index (χ4v) is 5.46. The molecule has 38 heavy (non-hydrogen) atoms. The van der Waals surface area contributed by atoms with Gasteiger partial charge in [0, 0.05) is 21.8 Å². The molecule has 0 radical (unpaired) electrons. The number of fused-ring (bicyclic) bond motifs is 1. The Morgan fingerprint density at radius 2 is 1.84 bits per heavy atom. The number of ether oxygens (including phenoxy) is 1. The molecule has 0 fully saturated rings. The van der Waals surface area contributed by atoms with Crippen LogP contribution in [0.5, 0.6) is 5.75 Å². The number of phenolic OH excluding ortho intramolecular Hbond substituents is 1. The Balaban J connectivity index is 0.00000507. The number of aliphatic hydroxyl groups excluding tert-OH is 2. The molecule has 9 nitrogen and oxygen atoms in total. The third-order valence-corrected chi connectivity index (χ3v) is 7.08. The Hall–Kier alpha value is -3.40. The van der Waals surface area contributed by atoms with Crippen LogP contribution >= 0.6 is 0 Å². The van der Waals surface area contributed by atoms with E-state index in [2.05, 4.69) is 0 Å². The van der Waals surface area contributed by atoms with Crippen LogP contribution in [-0.4, -0.2) is 64.4 Å². The molecule has 2 aromatic rings. The Morgan fingerprint density at radius 1 is 1.13 bits per heavy atom. The van der Waals surface area contributed by atoms with Crippen LogP contribution < -0.4 is 0 Å². The van der Waals surface area contributed by atoms with Crippen molar-refractivity contribution >= 4 is 23.3 Å². The van der Waals surface area contributed by atoms with Crippen LogP contribution in [0.3, 0.4) is 0 Å². The largest absolute Gasteiger partial charge is 0.507 e. The van der Waals surface area contributed by atoms with Gasteiger partial charge in [0.2, 0.25) is 0 Å². The summed E-state index contributed by atoms with van der Waals surface area (Å²) < 4.78 is 4.87. The summed E-state index contributed by atoms with van der Waals surface area (Å²) in [5, 5.41) is 30.1. The van der Waals surface area contributed by atoms with E-state index in [0.717, 1.165) is 5.56 Å². The van der Waals surface area contributed by atoms with Crippen LogP contribution in [0.2, 0.25) is 0 Å². The molecule has 3 unspecified atom stereocenters. The number of rotatable bonds is 11. The predicted molar refractivity (Wildman–Crippen MR) is 144 cm³/mol. The van der Waals surface area contributed by atoms with Crippen LogP contribution in [0, 0.1) is 24.7 Å². The standard InChI is InChI=1S/C29H34O8.H2O.2H2/c1-16-8-20(14-21(9-16)29(36)37-3)22-4-5-25(33)28-23(22)12-18(13-27(28)35)11-19(6-7-30)24(15-31)26(34)10-17(2)32;;;/h4-5,8-9,14,18-19,24,30-31,33H,6-7,10-13,15H2,1-3H3;1H2;2*1H. The zero-order valence-corrected chi connectivity index (χ0v) is 22.0. The van der Waals surface area contributed by atoms with Gasteiger partial charge in [0.05, 0.1) is 31.3 Å². The minimum absolute atomic E-state index is 0. The smallest absolute Gasteiger partial charge is 0.337 e. The first-order valence-corrected chi connectivity index (χ1v) is 12.4. The van der Waals surface area contributed by atoms with Gasteiger partial charge in [-0.05, 0) is 85.4 Å². The van der Waals surface area contributed by atoms with Crippen molar-refractivity contribution in [1.29, 1.82) is 0 Å². The lowest BCUT2D eigenvalue weighted by Gasteiger charge is -2.32. The minimum atomic E-state index is -0.810. The van der Waals surface area contributed by atoms with E-state index >= 15 is 0 Å². The first-order valence-electron chi connectivity index (χ1n) is 12.4. The van der Waals surface area contributed by atoms with Crippen molar-refractivity contribution in [3.05, 3.63) is 52.6 Å². The maximum atomic E-state index is 13.2. The number of aromatic hydroxyl groups is 1. The van der Waals surface area contributed by atoms with Crippen molar-refractivity contribution in [2.75, 3.05) is 20.3 Å². The fraction of sp³-hybridized carbons (Fsp3) is 0.448. The summed E-state index contributed by atoms with van der Waals surface area (Å²) in [5.41, 5.74) is 3.53. The Bertz CT molecular complexity index is 1210. The summed E-state index contributed by atoms with van der Waals surface area (Å²) in [4.78, 5) is 49.5. The SMILES string of the molecule is COC(=O)c1cc(C)cc(-c2ccc(O)c3c2CC(CC(CCO)C(CO)C(=O)CC(C)=O)CC3=O)c1.O.[HH].[HH]. The van der Waals surface area contributed by atoms with Gasteiger partial charge in [-0.15, -0.1) is 0 Å². The van der Waals surface area contributed by atoms with Gasteiger partial charge in [-0.3, -0.25) is 14.4 Å². The number of hydrogen-bond donors (Lipinski definition) is 3. The zero-order chi connectivity index (χ0) is 27.3. The van der Waals surface area contributed by atoms with Gasteiger partial charge < -0.3 is 25.5 Å². The molecular weight excluding hydrogens is 492 g/mol. The molecule has 0 saturated carbocycles. The monoisotopic (exact) mass is 532 g/mol. The van der Waals surface area contributed by atoms with Gasteiger partial charge in [0.25, 0.3) is 0 Å². The minimum Gasteiger partial charge on any atom is -0.507 e. The first kappa shape index (κ1) is 30.8. The summed E-state index contributed by atoms with van der Waals surface area (Å²) in [6, 6.07) is 8.49. The van der Waals surface area contributed by atoms with Crippen LogP contribution in [-0.2, 0) is 20.7 Å². The second-order valence-corrected chi connectivity index (χ2v) is 9.90.